The Labute approximate surface area is 360 Å². The van der Waals surface area contributed by atoms with Crippen LogP contribution in [0.3, 0.4) is 0 Å². The second-order valence-corrected chi connectivity index (χ2v) is 20.6. The summed E-state index contributed by atoms with van der Waals surface area (Å²) in [4.78, 5) is 51.3. The van der Waals surface area contributed by atoms with E-state index in [1.54, 1.807) is 0 Å². The number of carboxylic acids is 3. The van der Waals surface area contributed by atoms with Gasteiger partial charge in [-0.15, -0.1) is 0 Å². The SMILES string of the molecule is CC1(C)[C@@H](O[C@H]2O[C@H](C(=O)O)[C@@H](O)[C@H](O)[C@H]2O[C@@H]2O[C@H](C(=O)O)[C@@H](O)[C@H](O)[C@H]2O)CC[C@]2(C)[C@H]3C(=O)C=C4[C@@H]5C[C@@](C)(C(=O)O)CC[C@]5(C)CC[C@@]4(C)[C@]3(C)CC[C@@H]12.N.O.O.O. The number of aliphatic carboxylic acids is 3. The highest BCUT2D eigenvalue weighted by Crippen LogP contribution is 2.75. The van der Waals surface area contributed by atoms with Crippen molar-refractivity contribution in [2.45, 2.75) is 174 Å². The van der Waals surface area contributed by atoms with Crippen molar-refractivity contribution in [2.75, 3.05) is 0 Å². The quantitative estimate of drug-likeness (QED) is 0.151. The van der Waals surface area contributed by atoms with E-state index in [-0.39, 0.29) is 56.9 Å². The van der Waals surface area contributed by atoms with Gasteiger partial charge in [0.25, 0.3) is 0 Å². The molecule has 0 radical (unpaired) electrons. The van der Waals surface area contributed by atoms with Gasteiger partial charge in [-0.3, -0.25) is 9.59 Å². The number of hydrogen-bond donors (Lipinski definition) is 9. The van der Waals surface area contributed by atoms with E-state index in [2.05, 4.69) is 27.7 Å². The van der Waals surface area contributed by atoms with Crippen molar-refractivity contribution in [3.05, 3.63) is 11.6 Å². The van der Waals surface area contributed by atoms with E-state index in [0.717, 1.165) is 37.7 Å². The van der Waals surface area contributed by atoms with Crippen LogP contribution in [0.2, 0.25) is 0 Å². The van der Waals surface area contributed by atoms with Gasteiger partial charge in [-0.05, 0) is 110 Å². The molecule has 0 unspecified atom stereocenters. The molecule has 19 atom stereocenters. The molecule has 20 heteroatoms. The maximum Gasteiger partial charge on any atom is 0.335 e. The zero-order valence-electron chi connectivity index (χ0n) is 36.6. The van der Waals surface area contributed by atoms with Crippen molar-refractivity contribution in [1.82, 2.24) is 6.15 Å². The number of allylic oxidation sites excluding steroid dienone is 2. The van der Waals surface area contributed by atoms with Crippen molar-refractivity contribution in [2.24, 2.45) is 50.2 Å². The lowest BCUT2D eigenvalue weighted by atomic mass is 9.33. The highest BCUT2D eigenvalue weighted by Gasteiger charge is 2.71. The number of carboxylic acid groups (broad SMARTS) is 3. The van der Waals surface area contributed by atoms with E-state index in [4.69, 9.17) is 18.9 Å². The Morgan fingerprint density at radius 3 is 1.79 bits per heavy atom. The average molecular weight is 894 g/mol. The molecule has 2 saturated heterocycles. The van der Waals surface area contributed by atoms with Crippen LogP contribution >= 0.6 is 0 Å². The molecule has 0 aromatic heterocycles. The lowest BCUT2D eigenvalue weighted by Crippen LogP contribution is -2.68. The molecule has 17 N–H and O–H groups in total. The largest absolute Gasteiger partial charge is 0.481 e. The number of aliphatic hydroxyl groups is 5. The summed E-state index contributed by atoms with van der Waals surface area (Å²) in [6, 6.07) is 0. The number of rotatable bonds is 7. The fraction of sp³-hybridized carbons (Fsp3) is 0.857. The predicted molar refractivity (Wildman–Crippen MR) is 215 cm³/mol. The van der Waals surface area contributed by atoms with E-state index in [1.807, 2.05) is 26.8 Å². The Morgan fingerprint density at radius 1 is 0.677 bits per heavy atom. The minimum Gasteiger partial charge on any atom is -0.481 e. The third-order valence-corrected chi connectivity index (χ3v) is 17.2. The van der Waals surface area contributed by atoms with Crippen molar-refractivity contribution in [1.29, 1.82) is 0 Å². The van der Waals surface area contributed by atoms with E-state index in [0.29, 0.717) is 25.7 Å². The standard InChI is InChI=1S/C42H62O16.H3N.3H2O/c1-37(2)21-8-11-42(7)31(20(43)16-18-19-17-39(4,36(53)54)13-12-38(19,3)14-15-41(18,42)6)40(21,5)10-9-22(37)55-35-30(26(47)25(46)29(57-35)33(51)52)58-34-27(48)23(44)24(45)28(56-34)32(49)50;;;;/h16,19,21-31,34-35,44-48H,8-15,17H2,1-7H3,(H,49,50)(H,51,52)(H,53,54);1H3;3*1H2/t19-,21-,22-,23-,24-,25-,26-,27+,28-,29-,30+,31+,34-,35-,38+,39-,40-,41+,42+;;;;/m0..../s1. The zero-order valence-corrected chi connectivity index (χ0v) is 36.6. The molecule has 62 heavy (non-hydrogen) atoms. The second-order valence-electron chi connectivity index (χ2n) is 20.6. The van der Waals surface area contributed by atoms with Crippen LogP contribution in [0.15, 0.2) is 11.6 Å². The molecule has 6 fully saturated rings. The lowest BCUT2D eigenvalue weighted by Gasteiger charge is -2.70. The van der Waals surface area contributed by atoms with E-state index < -0.39 is 107 Å². The van der Waals surface area contributed by atoms with Crippen LogP contribution in [0.4, 0.5) is 0 Å². The van der Waals surface area contributed by atoms with Gasteiger partial charge >= 0.3 is 17.9 Å². The number of ketones is 1. The van der Waals surface area contributed by atoms with Crippen molar-refractivity contribution in [3.8, 4) is 0 Å². The normalized spacial score (nSPS) is 49.2. The monoisotopic (exact) mass is 893 g/mol. The van der Waals surface area contributed by atoms with Crippen LogP contribution in [-0.4, -0.2) is 148 Å². The molecule has 0 aromatic carbocycles. The summed E-state index contributed by atoms with van der Waals surface area (Å²) in [5, 5.41) is 83.0. The third kappa shape index (κ3) is 7.73. The topological polar surface area (TPSA) is 397 Å². The Balaban J connectivity index is 0.00000256. The number of fused-ring (bicyclic) bond motifs is 7. The van der Waals surface area contributed by atoms with Crippen LogP contribution < -0.4 is 6.15 Å². The molecule has 0 aromatic rings. The molecule has 358 valence electrons. The highest BCUT2D eigenvalue weighted by molar-refractivity contribution is 5.95. The van der Waals surface area contributed by atoms with Gasteiger partial charge in [0.1, 0.15) is 36.6 Å². The van der Waals surface area contributed by atoms with Gasteiger partial charge in [-0.1, -0.05) is 47.1 Å². The molecule has 0 spiro atoms. The summed E-state index contributed by atoms with van der Waals surface area (Å²) in [6.07, 6.45) is -12.2. The molecule has 2 aliphatic heterocycles. The first kappa shape index (κ1) is 53.6. The van der Waals surface area contributed by atoms with Crippen LogP contribution in [0.5, 0.6) is 0 Å². The maximum absolute atomic E-state index is 14.8. The van der Waals surface area contributed by atoms with Gasteiger partial charge in [-0.25, -0.2) is 9.59 Å². The Hall–Kier alpha value is -2.70. The molecule has 20 nitrogen and oxygen atoms in total. The second kappa shape index (κ2) is 17.6. The summed E-state index contributed by atoms with van der Waals surface area (Å²) >= 11 is 0. The summed E-state index contributed by atoms with van der Waals surface area (Å²) in [6.45, 7) is 14.8. The number of aliphatic hydroxyl groups excluding tert-OH is 5. The van der Waals surface area contributed by atoms with Crippen molar-refractivity contribution >= 4 is 23.7 Å². The summed E-state index contributed by atoms with van der Waals surface area (Å²) < 4.78 is 23.4. The smallest absolute Gasteiger partial charge is 0.335 e. The first-order valence-electron chi connectivity index (χ1n) is 20.7. The van der Waals surface area contributed by atoms with Crippen LogP contribution in [0.1, 0.15) is 106 Å². The average Bonchev–Trinajstić information content (AvgIpc) is 3.13. The molecule has 4 saturated carbocycles. The zero-order chi connectivity index (χ0) is 42.9. The summed E-state index contributed by atoms with van der Waals surface area (Å²) in [5.74, 6) is -4.47. The molecular weight excluding hydrogens is 822 g/mol. The lowest BCUT2D eigenvalue weighted by molar-refractivity contribution is -0.371. The van der Waals surface area contributed by atoms with Gasteiger partial charge in [0.15, 0.2) is 30.6 Å². The van der Waals surface area contributed by atoms with Crippen LogP contribution in [-0.2, 0) is 38.1 Å². The molecule has 0 amide bonds. The molecule has 7 rings (SSSR count). The highest BCUT2D eigenvalue weighted by atomic mass is 16.8. The van der Waals surface area contributed by atoms with Gasteiger partial charge in [0.2, 0.25) is 0 Å². The molecule has 2 heterocycles. The summed E-state index contributed by atoms with van der Waals surface area (Å²) in [5.41, 5.74) is -1.81. The van der Waals surface area contributed by atoms with Gasteiger partial charge < -0.3 is 82.4 Å². The fourth-order valence-electron chi connectivity index (χ4n) is 13.4. The first-order chi connectivity index (χ1) is 26.8. The number of carbonyl (C=O) groups is 4. The maximum atomic E-state index is 14.8. The molecule has 7 aliphatic rings. The molecular formula is C42H71NO19. The minimum absolute atomic E-state index is 0. The van der Waals surface area contributed by atoms with Gasteiger partial charge in [-0.2, -0.15) is 0 Å². The van der Waals surface area contributed by atoms with Crippen LogP contribution in [0, 0.1) is 50.2 Å². The molecule has 0 bridgehead atoms. The van der Waals surface area contributed by atoms with Crippen molar-refractivity contribution in [3.63, 3.8) is 0 Å². The Morgan fingerprint density at radius 2 is 1.23 bits per heavy atom. The molecule has 5 aliphatic carbocycles. The van der Waals surface area contributed by atoms with Gasteiger partial charge in [0, 0.05) is 5.92 Å². The number of carbonyl (C=O) groups excluding carboxylic acids is 1. The number of ether oxygens (including phenoxy) is 4. The van der Waals surface area contributed by atoms with Crippen LogP contribution in [0.25, 0.3) is 0 Å². The fourth-order valence-corrected chi connectivity index (χ4v) is 13.4. The van der Waals surface area contributed by atoms with Crippen molar-refractivity contribution < 1.29 is 95.4 Å². The number of hydrogen-bond acceptors (Lipinski definition) is 14. The van der Waals surface area contributed by atoms with Gasteiger partial charge in [0.05, 0.1) is 11.5 Å². The first-order valence-corrected chi connectivity index (χ1v) is 20.7. The third-order valence-electron chi connectivity index (χ3n) is 17.2. The Kier molecular flexibility index (Phi) is 15.2. The predicted octanol–water partition coefficient (Wildman–Crippen LogP) is -0.0665. The van der Waals surface area contributed by atoms with E-state index >= 15 is 0 Å². The summed E-state index contributed by atoms with van der Waals surface area (Å²) in [7, 11) is 0. The van der Waals surface area contributed by atoms with E-state index in [9.17, 15) is 60.0 Å². The minimum atomic E-state index is -2.05. The Bertz CT molecular complexity index is 1740. The van der Waals surface area contributed by atoms with E-state index in [1.165, 1.54) is 0 Å².